The fourth-order valence-electron chi connectivity index (χ4n) is 2.29. The molecule has 0 unspecified atom stereocenters. The number of allylic oxidation sites excluding steroid dienone is 3. The Bertz CT molecular complexity index is 402. The minimum absolute atomic E-state index is 0.140. The number of carbonyl (C=O) groups is 1. The normalized spacial score (nSPS) is 16.8. The van der Waals surface area contributed by atoms with Crippen LogP contribution in [0.15, 0.2) is 23.8 Å². The van der Waals surface area contributed by atoms with E-state index in [4.69, 9.17) is 9.05 Å². The van der Waals surface area contributed by atoms with Gasteiger partial charge >= 0.3 is 7.60 Å². The molecule has 0 aromatic rings. The largest absolute Gasteiger partial charge is 0.334 e. The van der Waals surface area contributed by atoms with Crippen molar-refractivity contribution >= 4 is 13.4 Å². The molecule has 108 valence electrons. The molecule has 0 aliphatic heterocycles. The number of Topliss-reactive ketones (excluding diaryl/α,β-unsaturated/α-hetero) is 1. The van der Waals surface area contributed by atoms with E-state index in [1.54, 1.807) is 19.9 Å². The Labute approximate surface area is 115 Å². The minimum Gasteiger partial charge on any atom is -0.309 e. The van der Waals surface area contributed by atoms with Crippen LogP contribution in [0, 0.1) is 0 Å². The molecule has 19 heavy (non-hydrogen) atoms. The molecule has 1 rings (SSSR count). The summed E-state index contributed by atoms with van der Waals surface area (Å²) in [6.45, 7) is 7.94. The monoisotopic (exact) mass is 286 g/mol. The van der Waals surface area contributed by atoms with Gasteiger partial charge in [0.1, 0.15) is 0 Å². The van der Waals surface area contributed by atoms with Crippen LogP contribution >= 0.6 is 7.60 Å². The molecular weight excluding hydrogens is 263 g/mol. The predicted octanol–water partition coefficient (Wildman–Crippen LogP) is 3.88. The third-order valence-corrected chi connectivity index (χ3v) is 5.10. The second-order valence-electron chi connectivity index (χ2n) is 4.46. The van der Waals surface area contributed by atoms with Crippen molar-refractivity contribution in [3.05, 3.63) is 23.8 Å². The first-order valence-corrected chi connectivity index (χ1v) is 8.52. The Hall–Kier alpha value is -0.700. The fourth-order valence-corrected chi connectivity index (χ4v) is 4.15. The lowest BCUT2D eigenvalue weighted by atomic mass is 9.90. The van der Waals surface area contributed by atoms with Crippen LogP contribution in [0.2, 0.25) is 0 Å². The summed E-state index contributed by atoms with van der Waals surface area (Å²) in [5, 5.41) is 0. The van der Waals surface area contributed by atoms with E-state index in [1.165, 1.54) is 0 Å². The van der Waals surface area contributed by atoms with E-state index in [2.05, 4.69) is 6.58 Å². The van der Waals surface area contributed by atoms with Gasteiger partial charge in [-0.1, -0.05) is 11.6 Å². The molecule has 0 saturated heterocycles. The molecule has 0 spiro atoms. The van der Waals surface area contributed by atoms with Gasteiger partial charge in [-0.05, 0) is 38.7 Å². The van der Waals surface area contributed by atoms with E-state index < -0.39 is 7.60 Å². The molecule has 0 fully saturated rings. The van der Waals surface area contributed by atoms with Gasteiger partial charge in [0.2, 0.25) is 0 Å². The molecule has 0 N–H and O–H groups in total. The van der Waals surface area contributed by atoms with Crippen molar-refractivity contribution in [2.75, 3.05) is 19.4 Å². The maximum absolute atomic E-state index is 12.5. The number of ketones is 1. The summed E-state index contributed by atoms with van der Waals surface area (Å²) < 4.78 is 23.1. The molecular formula is C14H23O4P. The summed E-state index contributed by atoms with van der Waals surface area (Å²) >= 11 is 0. The summed E-state index contributed by atoms with van der Waals surface area (Å²) in [7, 11) is -3.12. The third kappa shape index (κ3) is 4.72. The standard InChI is InChI=1S/C14H23O4P/c1-4-8-13-12(9-7-10-14(13)15)11-19(16,17-5-2)18-6-3/h4H,1,5-11H2,2-3H3. The molecule has 1 aliphatic carbocycles. The first-order valence-electron chi connectivity index (χ1n) is 6.79. The average molecular weight is 286 g/mol. The molecule has 0 heterocycles. The topological polar surface area (TPSA) is 52.6 Å². The van der Waals surface area contributed by atoms with Crippen LogP contribution in [0.4, 0.5) is 0 Å². The number of rotatable bonds is 8. The van der Waals surface area contributed by atoms with E-state index in [0.717, 1.165) is 24.0 Å². The average Bonchev–Trinajstić information content (AvgIpc) is 2.34. The van der Waals surface area contributed by atoms with Crippen LogP contribution in [-0.4, -0.2) is 25.2 Å². The Morgan fingerprint density at radius 2 is 1.89 bits per heavy atom. The SMILES string of the molecule is C=CCC1=C(CP(=O)(OCC)OCC)CCCC1=O. The maximum Gasteiger partial charge on any atom is 0.334 e. The molecule has 1 aliphatic rings. The lowest BCUT2D eigenvalue weighted by Crippen LogP contribution is -2.14. The first kappa shape index (κ1) is 16.4. The molecule has 0 bridgehead atoms. The Balaban J connectivity index is 2.96. The van der Waals surface area contributed by atoms with Crippen molar-refractivity contribution in [2.45, 2.75) is 39.5 Å². The zero-order valence-electron chi connectivity index (χ0n) is 11.8. The highest BCUT2D eigenvalue weighted by Crippen LogP contribution is 2.51. The van der Waals surface area contributed by atoms with Crippen molar-refractivity contribution in [3.8, 4) is 0 Å². The summed E-state index contributed by atoms with van der Waals surface area (Å²) in [5.74, 6) is 0.140. The van der Waals surface area contributed by atoms with Gasteiger partial charge in [0.25, 0.3) is 0 Å². The summed E-state index contributed by atoms with van der Waals surface area (Å²) in [6, 6.07) is 0. The van der Waals surface area contributed by atoms with Gasteiger partial charge in [0, 0.05) is 6.42 Å². The highest BCUT2D eigenvalue weighted by molar-refractivity contribution is 7.54. The second kappa shape index (κ2) is 7.78. The van der Waals surface area contributed by atoms with Crippen molar-refractivity contribution < 1.29 is 18.4 Å². The zero-order chi connectivity index (χ0) is 14.3. The van der Waals surface area contributed by atoms with Crippen LogP contribution in [0.3, 0.4) is 0 Å². The summed E-state index contributed by atoms with van der Waals surface area (Å²) in [5.41, 5.74) is 1.67. The van der Waals surface area contributed by atoms with Crippen LogP contribution in [0.1, 0.15) is 39.5 Å². The highest BCUT2D eigenvalue weighted by atomic mass is 31.2. The third-order valence-electron chi connectivity index (χ3n) is 3.03. The van der Waals surface area contributed by atoms with Gasteiger partial charge in [-0.15, -0.1) is 6.58 Å². The van der Waals surface area contributed by atoms with Crippen molar-refractivity contribution in [1.29, 1.82) is 0 Å². The Morgan fingerprint density at radius 1 is 1.26 bits per heavy atom. The zero-order valence-corrected chi connectivity index (χ0v) is 12.7. The quantitative estimate of drug-likeness (QED) is 0.502. The van der Waals surface area contributed by atoms with Crippen LogP contribution < -0.4 is 0 Å². The van der Waals surface area contributed by atoms with Gasteiger partial charge in [-0.3, -0.25) is 9.36 Å². The molecule has 0 radical (unpaired) electrons. The molecule has 5 heteroatoms. The lowest BCUT2D eigenvalue weighted by molar-refractivity contribution is -0.116. The van der Waals surface area contributed by atoms with Crippen LogP contribution in [-0.2, 0) is 18.4 Å². The highest BCUT2D eigenvalue weighted by Gasteiger charge is 2.29. The number of carbonyl (C=O) groups excluding carboxylic acids is 1. The molecule has 0 amide bonds. The van der Waals surface area contributed by atoms with E-state index >= 15 is 0 Å². The van der Waals surface area contributed by atoms with Gasteiger partial charge < -0.3 is 9.05 Å². The molecule has 0 aromatic heterocycles. The first-order chi connectivity index (χ1) is 9.06. The predicted molar refractivity (Wildman–Crippen MR) is 76.4 cm³/mol. The fraction of sp³-hybridized carbons (Fsp3) is 0.643. The van der Waals surface area contributed by atoms with E-state index in [-0.39, 0.29) is 11.9 Å². The van der Waals surface area contributed by atoms with E-state index in [1.807, 2.05) is 0 Å². The molecule has 4 nitrogen and oxygen atoms in total. The van der Waals surface area contributed by atoms with E-state index in [9.17, 15) is 9.36 Å². The lowest BCUT2D eigenvalue weighted by Gasteiger charge is -2.23. The number of hydrogen-bond donors (Lipinski definition) is 0. The maximum atomic E-state index is 12.5. The molecule has 0 atom stereocenters. The summed E-state index contributed by atoms with van der Waals surface area (Å²) in [6.07, 6.45) is 4.65. The number of hydrogen-bond acceptors (Lipinski definition) is 4. The minimum atomic E-state index is -3.12. The van der Waals surface area contributed by atoms with Crippen LogP contribution in [0.5, 0.6) is 0 Å². The van der Waals surface area contributed by atoms with Gasteiger partial charge in [-0.2, -0.15) is 0 Å². The van der Waals surface area contributed by atoms with E-state index in [0.29, 0.717) is 26.1 Å². The van der Waals surface area contributed by atoms with Crippen LogP contribution in [0.25, 0.3) is 0 Å². The second-order valence-corrected chi connectivity index (χ2v) is 6.51. The molecule has 0 aromatic carbocycles. The van der Waals surface area contributed by atoms with Gasteiger partial charge in [0.05, 0.1) is 19.4 Å². The van der Waals surface area contributed by atoms with Gasteiger partial charge in [-0.25, -0.2) is 0 Å². The smallest absolute Gasteiger partial charge is 0.309 e. The summed E-state index contributed by atoms with van der Waals surface area (Å²) in [4.78, 5) is 11.9. The molecule has 0 saturated carbocycles. The Morgan fingerprint density at radius 3 is 2.42 bits per heavy atom. The van der Waals surface area contributed by atoms with Crippen molar-refractivity contribution in [1.82, 2.24) is 0 Å². The van der Waals surface area contributed by atoms with Crippen molar-refractivity contribution in [2.24, 2.45) is 0 Å². The van der Waals surface area contributed by atoms with Gasteiger partial charge in [0.15, 0.2) is 5.78 Å². The Kier molecular flexibility index (Phi) is 6.70. The van der Waals surface area contributed by atoms with Crippen molar-refractivity contribution in [3.63, 3.8) is 0 Å².